The number of allylic oxidation sites excluding steroid dienone is 1. The number of benzene rings is 1. The van der Waals surface area contributed by atoms with Gasteiger partial charge in [-0.3, -0.25) is 14.9 Å². The molecule has 112 valence electrons. The van der Waals surface area contributed by atoms with Crippen molar-refractivity contribution in [2.75, 3.05) is 11.9 Å². The van der Waals surface area contributed by atoms with E-state index >= 15 is 0 Å². The Morgan fingerprint density at radius 2 is 2.24 bits per heavy atom. The van der Waals surface area contributed by atoms with E-state index in [-0.39, 0.29) is 17.6 Å². The van der Waals surface area contributed by atoms with Crippen molar-refractivity contribution in [2.45, 2.75) is 32.2 Å². The van der Waals surface area contributed by atoms with E-state index in [4.69, 9.17) is 0 Å². The average Bonchev–Trinajstić information content (AvgIpc) is 2.48. The van der Waals surface area contributed by atoms with Crippen LogP contribution in [0.1, 0.15) is 36.5 Å². The third-order valence-corrected chi connectivity index (χ3v) is 3.42. The molecule has 0 aromatic heterocycles. The van der Waals surface area contributed by atoms with Crippen molar-refractivity contribution in [3.05, 3.63) is 46.0 Å². The molecule has 6 heteroatoms. The van der Waals surface area contributed by atoms with Crippen LogP contribution in [0.25, 0.3) is 0 Å². The number of nitro groups is 1. The topological polar surface area (TPSA) is 84.3 Å². The summed E-state index contributed by atoms with van der Waals surface area (Å²) in [5.74, 6) is -0.298. The quantitative estimate of drug-likeness (QED) is 0.496. The van der Waals surface area contributed by atoms with Crippen molar-refractivity contribution < 1.29 is 9.72 Å². The number of carbonyl (C=O) groups is 1. The van der Waals surface area contributed by atoms with Crippen molar-refractivity contribution >= 4 is 17.3 Å². The normalized spacial score (nSPS) is 17.3. The predicted octanol–water partition coefficient (Wildman–Crippen LogP) is 2.87. The molecule has 0 fully saturated rings. The molecule has 0 saturated carbocycles. The molecule has 1 aromatic carbocycles. The molecule has 1 amide bonds. The lowest BCUT2D eigenvalue weighted by atomic mass is 10.0. The minimum absolute atomic E-state index is 0.0618. The fourth-order valence-electron chi connectivity index (χ4n) is 2.35. The van der Waals surface area contributed by atoms with Gasteiger partial charge in [-0.2, -0.15) is 0 Å². The summed E-state index contributed by atoms with van der Waals surface area (Å²) in [6, 6.07) is 4.75. The zero-order chi connectivity index (χ0) is 15.2. The van der Waals surface area contributed by atoms with E-state index in [2.05, 4.69) is 22.8 Å². The van der Waals surface area contributed by atoms with Crippen LogP contribution in [0.15, 0.2) is 30.4 Å². The van der Waals surface area contributed by atoms with Crippen molar-refractivity contribution in [2.24, 2.45) is 0 Å². The first kappa shape index (κ1) is 15.0. The molecule has 0 bridgehead atoms. The zero-order valence-electron chi connectivity index (χ0n) is 12.0. The van der Waals surface area contributed by atoms with E-state index in [1.165, 1.54) is 6.07 Å². The van der Waals surface area contributed by atoms with Crippen molar-refractivity contribution in [1.29, 1.82) is 0 Å². The molecule has 0 aliphatic heterocycles. The first-order valence-corrected chi connectivity index (χ1v) is 7.10. The van der Waals surface area contributed by atoms with Gasteiger partial charge in [0.15, 0.2) is 0 Å². The summed E-state index contributed by atoms with van der Waals surface area (Å²) in [5, 5.41) is 17.1. The Kier molecular flexibility index (Phi) is 4.92. The first-order chi connectivity index (χ1) is 10.1. The molecule has 0 saturated heterocycles. The van der Waals surface area contributed by atoms with E-state index in [1.54, 1.807) is 19.1 Å². The lowest BCUT2D eigenvalue weighted by molar-refractivity contribution is -0.384. The minimum Gasteiger partial charge on any atom is -0.376 e. The van der Waals surface area contributed by atoms with Gasteiger partial charge in [-0.15, -0.1) is 0 Å². The Balaban J connectivity index is 2.22. The van der Waals surface area contributed by atoms with Gasteiger partial charge < -0.3 is 10.6 Å². The van der Waals surface area contributed by atoms with Gasteiger partial charge in [0, 0.05) is 24.2 Å². The largest absolute Gasteiger partial charge is 0.376 e. The number of anilines is 1. The standard InChI is InChI=1S/C15H19N3O3/c1-2-16-15(19)11-8-9-13(14(10-11)18(20)21)17-12-6-4-3-5-7-12/h3-4,8-10,12,17H,2,5-7H2,1H3,(H,16,19). The fourth-order valence-corrected chi connectivity index (χ4v) is 2.35. The van der Waals surface area contributed by atoms with Crippen molar-refractivity contribution in [3.8, 4) is 0 Å². The van der Waals surface area contributed by atoms with Crippen molar-refractivity contribution in [1.82, 2.24) is 5.32 Å². The molecule has 1 aliphatic rings. The summed E-state index contributed by atoms with van der Waals surface area (Å²) < 4.78 is 0. The SMILES string of the molecule is CCNC(=O)c1ccc(NC2CC=CCC2)c([N+](=O)[O-])c1. The van der Waals surface area contributed by atoms with Gasteiger partial charge in [0.1, 0.15) is 5.69 Å². The number of carbonyl (C=O) groups excluding carboxylic acids is 1. The Morgan fingerprint density at radius 1 is 1.43 bits per heavy atom. The number of hydrogen-bond acceptors (Lipinski definition) is 4. The number of nitrogens with one attached hydrogen (secondary N) is 2. The molecule has 6 nitrogen and oxygen atoms in total. The summed E-state index contributed by atoms with van der Waals surface area (Å²) in [6.07, 6.45) is 6.98. The van der Waals surface area contributed by atoms with E-state index in [1.807, 2.05) is 0 Å². The Morgan fingerprint density at radius 3 is 2.86 bits per heavy atom. The van der Waals surface area contributed by atoms with Crippen LogP contribution in [-0.4, -0.2) is 23.4 Å². The Labute approximate surface area is 123 Å². The molecule has 0 radical (unpaired) electrons. The smallest absolute Gasteiger partial charge is 0.293 e. The van der Waals surface area contributed by atoms with Gasteiger partial charge in [0.05, 0.1) is 4.92 Å². The van der Waals surface area contributed by atoms with Crippen molar-refractivity contribution in [3.63, 3.8) is 0 Å². The van der Waals surface area contributed by atoms with Crippen LogP contribution in [0.2, 0.25) is 0 Å². The van der Waals surface area contributed by atoms with Crippen LogP contribution in [0.5, 0.6) is 0 Å². The molecule has 0 spiro atoms. The molecule has 1 unspecified atom stereocenters. The van der Waals surface area contributed by atoms with Gasteiger partial charge in [-0.05, 0) is 38.3 Å². The van der Waals surface area contributed by atoms with Gasteiger partial charge in [-0.1, -0.05) is 12.2 Å². The molecular formula is C15H19N3O3. The molecule has 2 N–H and O–H groups in total. The molecule has 21 heavy (non-hydrogen) atoms. The zero-order valence-corrected chi connectivity index (χ0v) is 12.0. The van der Waals surface area contributed by atoms with Gasteiger partial charge >= 0.3 is 0 Å². The highest BCUT2D eigenvalue weighted by atomic mass is 16.6. The minimum atomic E-state index is -0.455. The predicted molar refractivity (Wildman–Crippen MR) is 81.5 cm³/mol. The van der Waals surface area contributed by atoms with E-state index in [0.717, 1.165) is 19.3 Å². The number of amides is 1. The maximum atomic E-state index is 11.8. The monoisotopic (exact) mass is 289 g/mol. The second-order valence-corrected chi connectivity index (χ2v) is 4.97. The first-order valence-electron chi connectivity index (χ1n) is 7.10. The van der Waals surface area contributed by atoms with Crippen LogP contribution >= 0.6 is 0 Å². The molecule has 2 rings (SSSR count). The Hall–Kier alpha value is -2.37. The number of nitro benzene ring substituents is 1. The maximum Gasteiger partial charge on any atom is 0.293 e. The van der Waals surface area contributed by atoms with E-state index in [0.29, 0.717) is 17.8 Å². The van der Waals surface area contributed by atoms with Gasteiger partial charge in [0.2, 0.25) is 0 Å². The summed E-state index contributed by atoms with van der Waals surface area (Å²) in [5.41, 5.74) is 0.708. The summed E-state index contributed by atoms with van der Waals surface area (Å²) in [4.78, 5) is 22.5. The van der Waals surface area contributed by atoms with Gasteiger partial charge in [-0.25, -0.2) is 0 Å². The second kappa shape index (κ2) is 6.88. The van der Waals surface area contributed by atoms with Crippen LogP contribution < -0.4 is 10.6 Å². The third-order valence-electron chi connectivity index (χ3n) is 3.42. The molecule has 1 atom stereocenters. The second-order valence-electron chi connectivity index (χ2n) is 4.97. The van der Waals surface area contributed by atoms with E-state index in [9.17, 15) is 14.9 Å². The summed E-state index contributed by atoms with van der Waals surface area (Å²) in [7, 11) is 0. The number of rotatable bonds is 5. The van der Waals surface area contributed by atoms with Crippen LogP contribution in [0.4, 0.5) is 11.4 Å². The highest BCUT2D eigenvalue weighted by Crippen LogP contribution is 2.28. The maximum absolute atomic E-state index is 11.8. The third kappa shape index (κ3) is 3.81. The summed E-state index contributed by atoms with van der Waals surface area (Å²) in [6.45, 7) is 2.29. The van der Waals surface area contributed by atoms with E-state index < -0.39 is 4.92 Å². The lowest BCUT2D eigenvalue weighted by Gasteiger charge is -2.20. The number of hydrogen-bond donors (Lipinski definition) is 2. The van der Waals surface area contributed by atoms with Crippen LogP contribution in [0.3, 0.4) is 0 Å². The molecule has 0 heterocycles. The highest BCUT2D eigenvalue weighted by molar-refractivity contribution is 5.95. The molecular weight excluding hydrogens is 270 g/mol. The van der Waals surface area contributed by atoms with Crippen LogP contribution in [-0.2, 0) is 0 Å². The number of nitrogens with zero attached hydrogens (tertiary/aromatic N) is 1. The lowest BCUT2D eigenvalue weighted by Crippen LogP contribution is -2.23. The average molecular weight is 289 g/mol. The highest BCUT2D eigenvalue weighted by Gasteiger charge is 2.20. The Bertz CT molecular complexity index is 569. The molecule has 1 aromatic rings. The molecule has 1 aliphatic carbocycles. The van der Waals surface area contributed by atoms with Crippen LogP contribution in [0, 0.1) is 10.1 Å². The fraction of sp³-hybridized carbons (Fsp3) is 0.400. The van der Waals surface area contributed by atoms with Gasteiger partial charge in [0.25, 0.3) is 11.6 Å². The summed E-state index contributed by atoms with van der Waals surface area (Å²) >= 11 is 0.